The summed E-state index contributed by atoms with van der Waals surface area (Å²) in [6, 6.07) is 7.76. The molecule has 3 rings (SSSR count). The summed E-state index contributed by atoms with van der Waals surface area (Å²) < 4.78 is 4.69. The van der Waals surface area contributed by atoms with E-state index in [1.54, 1.807) is 12.1 Å². The Morgan fingerprint density at radius 3 is 2.60 bits per heavy atom. The monoisotopic (exact) mass is 344 g/mol. The van der Waals surface area contributed by atoms with E-state index in [9.17, 15) is 9.59 Å². The normalized spacial score (nSPS) is 23.6. The van der Waals surface area contributed by atoms with Crippen LogP contribution < -0.4 is 5.32 Å². The summed E-state index contributed by atoms with van der Waals surface area (Å²) in [5.41, 5.74) is 1.50. The van der Waals surface area contributed by atoms with E-state index in [0.29, 0.717) is 24.7 Å². The van der Waals surface area contributed by atoms with Crippen molar-refractivity contribution in [1.82, 2.24) is 10.2 Å². The summed E-state index contributed by atoms with van der Waals surface area (Å²) >= 11 is 0. The van der Waals surface area contributed by atoms with Crippen molar-refractivity contribution in [3.8, 4) is 0 Å². The molecule has 2 fully saturated rings. The number of carbonyl (C=O) groups is 2. The second-order valence-corrected chi connectivity index (χ2v) is 7.19. The predicted molar refractivity (Wildman–Crippen MR) is 96.2 cm³/mol. The molecule has 1 aromatic rings. The van der Waals surface area contributed by atoms with E-state index < -0.39 is 0 Å². The molecule has 25 heavy (non-hydrogen) atoms. The second-order valence-electron chi connectivity index (χ2n) is 7.19. The fraction of sp³-hybridized carbons (Fsp3) is 0.600. The highest BCUT2D eigenvalue weighted by molar-refractivity contribution is 5.89. The van der Waals surface area contributed by atoms with Crippen molar-refractivity contribution in [3.05, 3.63) is 35.4 Å². The SMILES string of the molecule is COC(=O)c1ccc(CNC(=O)CN2CCC[C@H]3CCCC[C@@H]32)cc1. The first-order valence-electron chi connectivity index (χ1n) is 9.35. The maximum absolute atomic E-state index is 12.4. The minimum absolute atomic E-state index is 0.0864. The fourth-order valence-corrected chi connectivity index (χ4v) is 4.24. The van der Waals surface area contributed by atoms with Crippen molar-refractivity contribution in [2.24, 2.45) is 5.92 Å². The van der Waals surface area contributed by atoms with Crippen LogP contribution in [0.5, 0.6) is 0 Å². The van der Waals surface area contributed by atoms with E-state index >= 15 is 0 Å². The maximum atomic E-state index is 12.4. The molecule has 1 N–H and O–H groups in total. The van der Waals surface area contributed by atoms with Crippen LogP contribution in [0, 0.1) is 5.92 Å². The molecule has 136 valence electrons. The first kappa shape index (κ1) is 17.9. The summed E-state index contributed by atoms with van der Waals surface area (Å²) in [7, 11) is 1.37. The number of amides is 1. The van der Waals surface area contributed by atoms with Gasteiger partial charge in [0, 0.05) is 12.6 Å². The minimum Gasteiger partial charge on any atom is -0.465 e. The molecule has 1 saturated carbocycles. The van der Waals surface area contributed by atoms with Crippen LogP contribution in [-0.4, -0.2) is 43.0 Å². The number of esters is 1. The van der Waals surface area contributed by atoms with Crippen LogP contribution in [0.3, 0.4) is 0 Å². The van der Waals surface area contributed by atoms with Gasteiger partial charge in [0.1, 0.15) is 0 Å². The quantitative estimate of drug-likeness (QED) is 0.835. The van der Waals surface area contributed by atoms with Crippen LogP contribution in [0.2, 0.25) is 0 Å². The van der Waals surface area contributed by atoms with E-state index in [4.69, 9.17) is 0 Å². The van der Waals surface area contributed by atoms with Gasteiger partial charge in [-0.15, -0.1) is 0 Å². The van der Waals surface area contributed by atoms with Crippen molar-refractivity contribution in [1.29, 1.82) is 0 Å². The van der Waals surface area contributed by atoms with Crippen molar-refractivity contribution in [2.75, 3.05) is 20.2 Å². The topological polar surface area (TPSA) is 58.6 Å². The zero-order valence-corrected chi connectivity index (χ0v) is 15.0. The summed E-state index contributed by atoms with van der Waals surface area (Å²) in [5.74, 6) is 0.534. The third-order valence-corrected chi connectivity index (χ3v) is 5.57. The number of hydrogen-bond acceptors (Lipinski definition) is 4. The molecule has 2 atom stereocenters. The lowest BCUT2D eigenvalue weighted by Crippen LogP contribution is -2.50. The molecule has 1 aromatic carbocycles. The smallest absolute Gasteiger partial charge is 0.337 e. The Bertz CT molecular complexity index is 597. The lowest BCUT2D eigenvalue weighted by molar-refractivity contribution is -0.124. The van der Waals surface area contributed by atoms with Crippen molar-refractivity contribution >= 4 is 11.9 Å². The molecule has 0 aromatic heterocycles. The van der Waals surface area contributed by atoms with Gasteiger partial charge < -0.3 is 10.1 Å². The number of fused-ring (bicyclic) bond motifs is 1. The van der Waals surface area contributed by atoms with Gasteiger partial charge >= 0.3 is 5.97 Å². The molecule has 5 heteroatoms. The Kier molecular flexibility index (Phi) is 6.08. The Morgan fingerprint density at radius 2 is 1.84 bits per heavy atom. The highest BCUT2D eigenvalue weighted by atomic mass is 16.5. The summed E-state index contributed by atoms with van der Waals surface area (Å²) in [6.07, 6.45) is 7.76. The van der Waals surface area contributed by atoms with Gasteiger partial charge in [-0.05, 0) is 55.8 Å². The number of nitrogens with zero attached hydrogens (tertiary/aromatic N) is 1. The molecule has 0 unspecified atom stereocenters. The Morgan fingerprint density at radius 1 is 1.12 bits per heavy atom. The standard InChI is InChI=1S/C20H28N2O3/c1-25-20(24)17-10-8-15(9-11-17)13-21-19(23)14-22-12-4-6-16-5-2-3-7-18(16)22/h8-11,16,18H,2-7,12-14H2,1H3,(H,21,23)/t16-,18+/m1/s1. The average molecular weight is 344 g/mol. The van der Waals surface area contributed by atoms with Gasteiger partial charge in [0.25, 0.3) is 0 Å². The number of hydrogen-bond donors (Lipinski definition) is 1. The van der Waals surface area contributed by atoms with E-state index in [2.05, 4.69) is 15.0 Å². The van der Waals surface area contributed by atoms with Gasteiger partial charge in [0.2, 0.25) is 5.91 Å². The zero-order chi connectivity index (χ0) is 17.6. The lowest BCUT2D eigenvalue weighted by Gasteiger charge is -2.43. The highest BCUT2D eigenvalue weighted by Gasteiger charge is 2.33. The minimum atomic E-state index is -0.345. The number of rotatable bonds is 5. The Labute approximate surface area is 149 Å². The average Bonchev–Trinajstić information content (AvgIpc) is 2.66. The van der Waals surface area contributed by atoms with Crippen molar-refractivity contribution < 1.29 is 14.3 Å². The summed E-state index contributed by atoms with van der Waals surface area (Å²) in [6.45, 7) is 2.03. The first-order chi connectivity index (χ1) is 12.2. The highest BCUT2D eigenvalue weighted by Crippen LogP contribution is 2.34. The maximum Gasteiger partial charge on any atom is 0.337 e. The molecular formula is C20H28N2O3. The number of benzene rings is 1. The van der Waals surface area contributed by atoms with Crippen LogP contribution in [0.1, 0.15) is 54.4 Å². The second kappa shape index (κ2) is 8.48. The van der Waals surface area contributed by atoms with Gasteiger partial charge in [-0.1, -0.05) is 25.0 Å². The number of nitrogens with one attached hydrogen (secondary N) is 1. The number of piperidine rings is 1. The third-order valence-electron chi connectivity index (χ3n) is 5.57. The molecule has 5 nitrogen and oxygen atoms in total. The third kappa shape index (κ3) is 4.60. The zero-order valence-electron chi connectivity index (χ0n) is 15.0. The molecule has 1 aliphatic heterocycles. The molecule has 1 saturated heterocycles. The van der Waals surface area contributed by atoms with Crippen LogP contribution in [0.25, 0.3) is 0 Å². The van der Waals surface area contributed by atoms with Crippen molar-refractivity contribution in [2.45, 2.75) is 51.1 Å². The number of ether oxygens (including phenoxy) is 1. The summed E-state index contributed by atoms with van der Waals surface area (Å²) in [4.78, 5) is 26.2. The number of carbonyl (C=O) groups excluding carboxylic acids is 2. The number of likely N-dealkylation sites (tertiary alicyclic amines) is 1. The molecule has 0 bridgehead atoms. The molecule has 1 heterocycles. The predicted octanol–water partition coefficient (Wildman–Crippen LogP) is 2.74. The van der Waals surface area contributed by atoms with Gasteiger partial charge in [-0.3, -0.25) is 9.69 Å². The van der Waals surface area contributed by atoms with Crippen LogP contribution in [-0.2, 0) is 16.1 Å². The van der Waals surface area contributed by atoms with Crippen molar-refractivity contribution in [3.63, 3.8) is 0 Å². The fourth-order valence-electron chi connectivity index (χ4n) is 4.24. The van der Waals surface area contributed by atoms with Gasteiger partial charge in [0.05, 0.1) is 19.2 Å². The lowest BCUT2D eigenvalue weighted by atomic mass is 9.78. The van der Waals surface area contributed by atoms with E-state index in [1.165, 1.54) is 45.6 Å². The molecule has 0 radical (unpaired) electrons. The van der Waals surface area contributed by atoms with E-state index in [1.807, 2.05) is 12.1 Å². The van der Waals surface area contributed by atoms with Gasteiger partial charge in [-0.25, -0.2) is 4.79 Å². The van der Waals surface area contributed by atoms with E-state index in [-0.39, 0.29) is 11.9 Å². The van der Waals surface area contributed by atoms with Crippen LogP contribution in [0.15, 0.2) is 24.3 Å². The molecular weight excluding hydrogens is 316 g/mol. The summed E-state index contributed by atoms with van der Waals surface area (Å²) in [5, 5.41) is 3.01. The molecule has 1 amide bonds. The van der Waals surface area contributed by atoms with Gasteiger partial charge in [-0.2, -0.15) is 0 Å². The van der Waals surface area contributed by atoms with Gasteiger partial charge in [0.15, 0.2) is 0 Å². The molecule has 2 aliphatic rings. The van der Waals surface area contributed by atoms with Crippen LogP contribution >= 0.6 is 0 Å². The first-order valence-corrected chi connectivity index (χ1v) is 9.35. The Hall–Kier alpha value is -1.88. The molecule has 0 spiro atoms. The van der Waals surface area contributed by atoms with E-state index in [0.717, 1.165) is 18.0 Å². The molecule has 1 aliphatic carbocycles. The largest absolute Gasteiger partial charge is 0.465 e. The Balaban J connectivity index is 1.48. The van der Waals surface area contributed by atoms with Crippen LogP contribution in [0.4, 0.5) is 0 Å². The number of methoxy groups -OCH3 is 1.